The van der Waals surface area contributed by atoms with Crippen LogP contribution in [0.1, 0.15) is 53.4 Å². The third-order valence-corrected chi connectivity index (χ3v) is 4.18. The van der Waals surface area contributed by atoms with Crippen LogP contribution in [0.3, 0.4) is 0 Å². The Morgan fingerprint density at radius 1 is 0.533 bits per heavy atom. The van der Waals surface area contributed by atoms with Crippen LogP contribution in [-0.2, 0) is 0 Å². The van der Waals surface area contributed by atoms with E-state index in [-0.39, 0.29) is 5.48 Å². The van der Waals surface area contributed by atoms with E-state index in [2.05, 4.69) is 51.2 Å². The minimum atomic E-state index is 0. The first-order chi connectivity index (χ1) is 6.83. The highest BCUT2D eigenvalue weighted by molar-refractivity contribution is 7.99. The Kier molecular flexibility index (Phi) is 33.7. The molecule has 0 saturated heterocycles. The molecule has 0 aliphatic heterocycles. The molecule has 15 heavy (non-hydrogen) atoms. The van der Waals surface area contributed by atoms with Gasteiger partial charge in [0.05, 0.1) is 0 Å². The Labute approximate surface area is 105 Å². The standard InChI is InChI=1S/2C6H14S.H2O/c2*1-3-5-7-6-4-2;/h2*3-6H2,1-2H3;1H2. The monoisotopic (exact) mass is 254 g/mol. The lowest BCUT2D eigenvalue weighted by Gasteiger charge is -1.91. The van der Waals surface area contributed by atoms with Crippen molar-refractivity contribution in [3.8, 4) is 0 Å². The molecule has 0 radical (unpaired) electrons. The quantitative estimate of drug-likeness (QED) is 0.606. The van der Waals surface area contributed by atoms with E-state index in [9.17, 15) is 0 Å². The van der Waals surface area contributed by atoms with Crippen LogP contribution >= 0.6 is 23.5 Å². The van der Waals surface area contributed by atoms with Crippen molar-refractivity contribution in [1.82, 2.24) is 0 Å². The topological polar surface area (TPSA) is 31.5 Å². The summed E-state index contributed by atoms with van der Waals surface area (Å²) in [6.45, 7) is 8.90. The molecule has 0 atom stereocenters. The summed E-state index contributed by atoms with van der Waals surface area (Å²) in [5.41, 5.74) is 0. The Balaban J connectivity index is -0.000000180. The van der Waals surface area contributed by atoms with Gasteiger partial charge in [0, 0.05) is 0 Å². The molecule has 0 aromatic rings. The summed E-state index contributed by atoms with van der Waals surface area (Å²) in [7, 11) is 0. The maximum absolute atomic E-state index is 2.22. The molecule has 0 fully saturated rings. The van der Waals surface area contributed by atoms with E-state index in [1.165, 1.54) is 48.7 Å². The highest BCUT2D eigenvalue weighted by Gasteiger charge is 1.80. The van der Waals surface area contributed by atoms with Gasteiger partial charge < -0.3 is 5.48 Å². The molecule has 3 heteroatoms. The van der Waals surface area contributed by atoms with Crippen molar-refractivity contribution in [2.45, 2.75) is 53.4 Å². The SMILES string of the molecule is CCCSCCC.CCCSCCC.O. The van der Waals surface area contributed by atoms with Crippen LogP contribution in [-0.4, -0.2) is 28.5 Å². The van der Waals surface area contributed by atoms with Crippen LogP contribution in [0.15, 0.2) is 0 Å². The molecule has 0 aliphatic carbocycles. The van der Waals surface area contributed by atoms with E-state index in [0.29, 0.717) is 0 Å². The first-order valence-electron chi connectivity index (χ1n) is 5.98. The summed E-state index contributed by atoms with van der Waals surface area (Å²) >= 11 is 4.11. The zero-order valence-electron chi connectivity index (χ0n) is 11.0. The molecule has 0 spiro atoms. The maximum Gasteiger partial charge on any atom is -0.00702 e. The lowest BCUT2D eigenvalue weighted by molar-refractivity contribution is 0.824. The molecule has 0 bridgehead atoms. The normalized spacial score (nSPS) is 8.80. The molecule has 0 amide bonds. The molecule has 0 aromatic carbocycles. The summed E-state index contributed by atoms with van der Waals surface area (Å²) in [6, 6.07) is 0. The second kappa shape index (κ2) is 24.1. The van der Waals surface area contributed by atoms with E-state index in [1.807, 2.05) is 0 Å². The Morgan fingerprint density at radius 2 is 0.733 bits per heavy atom. The fourth-order valence-corrected chi connectivity index (χ4v) is 2.34. The molecule has 0 aromatic heterocycles. The summed E-state index contributed by atoms with van der Waals surface area (Å²) < 4.78 is 0. The number of hydrogen-bond donors (Lipinski definition) is 0. The van der Waals surface area contributed by atoms with Gasteiger partial charge in [-0.3, -0.25) is 0 Å². The second-order valence-corrected chi connectivity index (χ2v) is 5.67. The summed E-state index contributed by atoms with van der Waals surface area (Å²) in [5.74, 6) is 5.36. The molecule has 0 heterocycles. The van der Waals surface area contributed by atoms with Crippen LogP contribution in [0.2, 0.25) is 0 Å². The van der Waals surface area contributed by atoms with Crippen molar-refractivity contribution in [2.75, 3.05) is 23.0 Å². The van der Waals surface area contributed by atoms with Crippen molar-refractivity contribution in [1.29, 1.82) is 0 Å². The van der Waals surface area contributed by atoms with E-state index in [0.717, 1.165) is 0 Å². The van der Waals surface area contributed by atoms with Gasteiger partial charge in [-0.1, -0.05) is 27.7 Å². The minimum Gasteiger partial charge on any atom is -0.412 e. The van der Waals surface area contributed by atoms with Crippen LogP contribution in [0, 0.1) is 0 Å². The van der Waals surface area contributed by atoms with E-state index < -0.39 is 0 Å². The van der Waals surface area contributed by atoms with Crippen LogP contribution < -0.4 is 0 Å². The highest BCUT2D eigenvalue weighted by atomic mass is 32.2. The average Bonchev–Trinajstić information content (AvgIpc) is 2.21. The third kappa shape index (κ3) is 31.3. The molecule has 0 unspecified atom stereocenters. The average molecular weight is 255 g/mol. The van der Waals surface area contributed by atoms with Crippen LogP contribution in [0.5, 0.6) is 0 Å². The summed E-state index contributed by atoms with van der Waals surface area (Å²) in [5, 5.41) is 0. The van der Waals surface area contributed by atoms with Crippen LogP contribution in [0.4, 0.5) is 0 Å². The van der Waals surface area contributed by atoms with Gasteiger partial charge in [0.15, 0.2) is 0 Å². The first-order valence-corrected chi connectivity index (χ1v) is 8.29. The first kappa shape index (κ1) is 21.0. The fraction of sp³-hybridized carbons (Fsp3) is 1.00. The predicted octanol–water partition coefficient (Wildman–Crippen LogP) is 4.25. The lowest BCUT2D eigenvalue weighted by atomic mass is 10.6. The molecule has 0 rings (SSSR count). The molecular weight excluding hydrogens is 224 g/mol. The van der Waals surface area contributed by atoms with Gasteiger partial charge in [0.1, 0.15) is 0 Å². The smallest absolute Gasteiger partial charge is 0.00702 e. The molecule has 96 valence electrons. The predicted molar refractivity (Wildman–Crippen MR) is 79.4 cm³/mol. The lowest BCUT2D eigenvalue weighted by Crippen LogP contribution is -1.76. The highest BCUT2D eigenvalue weighted by Crippen LogP contribution is 2.02. The van der Waals surface area contributed by atoms with Gasteiger partial charge in [0.25, 0.3) is 0 Å². The maximum atomic E-state index is 2.22. The molecule has 1 nitrogen and oxygen atoms in total. The van der Waals surface area contributed by atoms with Crippen molar-refractivity contribution < 1.29 is 5.48 Å². The van der Waals surface area contributed by atoms with Crippen molar-refractivity contribution in [3.63, 3.8) is 0 Å². The zero-order valence-corrected chi connectivity index (χ0v) is 12.6. The van der Waals surface area contributed by atoms with Crippen molar-refractivity contribution >= 4 is 23.5 Å². The van der Waals surface area contributed by atoms with Gasteiger partial charge in [-0.25, -0.2) is 0 Å². The van der Waals surface area contributed by atoms with Gasteiger partial charge in [-0.15, -0.1) is 0 Å². The number of hydrogen-bond acceptors (Lipinski definition) is 2. The largest absolute Gasteiger partial charge is 0.412 e. The molecule has 0 saturated carbocycles. The van der Waals surface area contributed by atoms with Gasteiger partial charge in [-0.05, 0) is 48.7 Å². The molecule has 2 N–H and O–H groups in total. The van der Waals surface area contributed by atoms with Gasteiger partial charge in [0.2, 0.25) is 0 Å². The van der Waals surface area contributed by atoms with E-state index >= 15 is 0 Å². The van der Waals surface area contributed by atoms with Crippen molar-refractivity contribution in [3.05, 3.63) is 0 Å². The van der Waals surface area contributed by atoms with Crippen molar-refractivity contribution in [2.24, 2.45) is 0 Å². The summed E-state index contributed by atoms with van der Waals surface area (Å²) in [4.78, 5) is 0. The van der Waals surface area contributed by atoms with E-state index in [1.54, 1.807) is 0 Å². The van der Waals surface area contributed by atoms with Crippen LogP contribution in [0.25, 0.3) is 0 Å². The Bertz CT molecular complexity index is 62.0. The second-order valence-electron chi connectivity index (χ2n) is 3.22. The molecule has 0 aliphatic rings. The number of rotatable bonds is 8. The van der Waals surface area contributed by atoms with Gasteiger partial charge in [-0.2, -0.15) is 23.5 Å². The number of thioether (sulfide) groups is 2. The van der Waals surface area contributed by atoms with E-state index in [4.69, 9.17) is 0 Å². The fourth-order valence-electron chi connectivity index (χ4n) is 0.781. The van der Waals surface area contributed by atoms with Gasteiger partial charge >= 0.3 is 0 Å². The molecular formula is C12H30OS2. The Morgan fingerprint density at radius 3 is 0.867 bits per heavy atom. The third-order valence-electron chi connectivity index (χ3n) is 1.39. The summed E-state index contributed by atoms with van der Waals surface area (Å²) in [6.07, 6.45) is 5.30. The minimum absolute atomic E-state index is 0. The zero-order chi connectivity index (χ0) is 11.1. The Hall–Kier alpha value is 0.660.